The lowest BCUT2D eigenvalue weighted by Gasteiger charge is -2.20. The van der Waals surface area contributed by atoms with Crippen molar-refractivity contribution in [2.45, 2.75) is 38.6 Å². The lowest BCUT2D eigenvalue weighted by Crippen LogP contribution is -2.22. The van der Waals surface area contributed by atoms with E-state index in [2.05, 4.69) is 37.9 Å². The summed E-state index contributed by atoms with van der Waals surface area (Å²) in [6.45, 7) is 6.45. The van der Waals surface area contributed by atoms with Crippen molar-refractivity contribution in [2.24, 2.45) is 4.99 Å². The number of carboxylic acid groups (broad SMARTS) is 1. The number of carboxylic acids is 1. The van der Waals surface area contributed by atoms with Gasteiger partial charge < -0.3 is 5.11 Å². The molecule has 0 heterocycles. The second-order valence-electron chi connectivity index (χ2n) is 5.81. The molecule has 0 spiro atoms. The van der Waals surface area contributed by atoms with Crippen LogP contribution >= 0.6 is 23.5 Å². The summed E-state index contributed by atoms with van der Waals surface area (Å²) in [7, 11) is 0. The molecule has 5 heteroatoms. The van der Waals surface area contributed by atoms with Crippen LogP contribution in [0.2, 0.25) is 0 Å². The third-order valence-corrected chi connectivity index (χ3v) is 5.03. The molecule has 0 aliphatic rings. The Morgan fingerprint density at radius 3 is 2.38 bits per heavy atom. The number of nitrogens with zero attached hydrogens (tertiary/aromatic N) is 1. The van der Waals surface area contributed by atoms with Crippen LogP contribution in [-0.4, -0.2) is 34.0 Å². The summed E-state index contributed by atoms with van der Waals surface area (Å²) >= 11 is 2.97. The van der Waals surface area contributed by atoms with E-state index in [0.717, 1.165) is 9.94 Å². The van der Waals surface area contributed by atoms with Gasteiger partial charge in [0.1, 0.15) is 4.38 Å². The smallest absolute Gasteiger partial charge is 0.328 e. The molecule has 0 unspecified atom stereocenters. The molecule has 116 valence electrons. The second-order valence-corrected chi connectivity index (χ2v) is 7.66. The number of benzene rings is 1. The number of aliphatic imine (C=N–C) groups is 1. The number of hydrogen-bond acceptors (Lipinski definition) is 4. The van der Waals surface area contributed by atoms with Crippen LogP contribution in [-0.2, 0) is 16.6 Å². The van der Waals surface area contributed by atoms with Crippen molar-refractivity contribution >= 4 is 33.9 Å². The van der Waals surface area contributed by atoms with Gasteiger partial charge >= 0.3 is 5.97 Å². The van der Waals surface area contributed by atoms with Gasteiger partial charge in [0.2, 0.25) is 0 Å². The van der Waals surface area contributed by atoms with Crippen molar-refractivity contribution in [3.63, 3.8) is 0 Å². The molecule has 21 heavy (non-hydrogen) atoms. The Labute approximate surface area is 135 Å². The molecule has 0 bridgehead atoms. The maximum atomic E-state index is 11.4. The average molecular weight is 325 g/mol. The highest BCUT2D eigenvalue weighted by molar-refractivity contribution is 8.38. The van der Waals surface area contributed by atoms with Crippen molar-refractivity contribution in [1.29, 1.82) is 0 Å². The number of carbonyl (C=O) groups is 1. The van der Waals surface area contributed by atoms with Crippen molar-refractivity contribution in [3.8, 4) is 0 Å². The number of hydrogen-bond donors (Lipinski definition) is 1. The van der Waals surface area contributed by atoms with Crippen LogP contribution in [0.3, 0.4) is 0 Å². The molecule has 3 nitrogen and oxygen atoms in total. The summed E-state index contributed by atoms with van der Waals surface area (Å²) < 4.78 is 0.800. The fourth-order valence-electron chi connectivity index (χ4n) is 1.89. The van der Waals surface area contributed by atoms with Crippen molar-refractivity contribution in [2.75, 3.05) is 12.5 Å². The molecule has 1 atom stereocenters. The monoisotopic (exact) mass is 325 g/mol. The molecule has 1 aromatic rings. The number of aliphatic carboxylic acids is 1. The predicted octanol–water partition coefficient (Wildman–Crippen LogP) is 4.06. The van der Waals surface area contributed by atoms with Crippen LogP contribution in [0.1, 0.15) is 31.9 Å². The molecular weight excluding hydrogens is 302 g/mol. The Kier molecular flexibility index (Phi) is 6.81. The van der Waals surface area contributed by atoms with Crippen LogP contribution in [0, 0.1) is 0 Å². The van der Waals surface area contributed by atoms with Gasteiger partial charge in [-0.25, -0.2) is 4.79 Å². The molecule has 0 aliphatic carbocycles. The molecule has 0 amide bonds. The van der Waals surface area contributed by atoms with Crippen LogP contribution in [0.25, 0.3) is 0 Å². The van der Waals surface area contributed by atoms with Gasteiger partial charge in [-0.05, 0) is 29.1 Å². The van der Waals surface area contributed by atoms with Crippen LogP contribution in [0.5, 0.6) is 0 Å². The van der Waals surface area contributed by atoms with Gasteiger partial charge in [-0.2, -0.15) is 0 Å². The van der Waals surface area contributed by atoms with E-state index < -0.39 is 12.0 Å². The Hall–Kier alpha value is -0.940. The zero-order valence-corrected chi connectivity index (χ0v) is 14.8. The van der Waals surface area contributed by atoms with Gasteiger partial charge in [0.25, 0.3) is 0 Å². The van der Waals surface area contributed by atoms with Crippen molar-refractivity contribution < 1.29 is 9.90 Å². The van der Waals surface area contributed by atoms with Gasteiger partial charge in [0, 0.05) is 6.42 Å². The average Bonchev–Trinajstić information content (AvgIpc) is 2.42. The molecule has 1 aromatic carbocycles. The summed E-state index contributed by atoms with van der Waals surface area (Å²) in [6.07, 6.45) is 4.24. The maximum Gasteiger partial charge on any atom is 0.328 e. The molecule has 0 aliphatic heterocycles. The maximum absolute atomic E-state index is 11.4. The zero-order valence-electron chi connectivity index (χ0n) is 13.2. The first-order chi connectivity index (χ1) is 9.77. The molecule has 0 saturated carbocycles. The van der Waals surface area contributed by atoms with E-state index in [0.29, 0.717) is 6.42 Å². The number of thioether (sulfide) groups is 2. The summed E-state index contributed by atoms with van der Waals surface area (Å²) in [5, 5.41) is 9.38. The molecular formula is C16H23NO2S2. The summed E-state index contributed by atoms with van der Waals surface area (Å²) in [4.78, 5) is 15.8. The summed E-state index contributed by atoms with van der Waals surface area (Å²) in [5.41, 5.74) is 2.28. The second kappa shape index (κ2) is 7.90. The van der Waals surface area contributed by atoms with E-state index in [-0.39, 0.29) is 5.41 Å². The highest BCUT2D eigenvalue weighted by Gasteiger charge is 2.19. The van der Waals surface area contributed by atoms with E-state index in [1.807, 2.05) is 24.6 Å². The predicted molar refractivity (Wildman–Crippen MR) is 94.7 cm³/mol. The Bertz CT molecular complexity index is 515. The molecule has 0 fully saturated rings. The molecule has 0 radical (unpaired) electrons. The normalized spacial score (nSPS) is 12.8. The minimum Gasteiger partial charge on any atom is -0.480 e. The topological polar surface area (TPSA) is 49.7 Å². The van der Waals surface area contributed by atoms with Crippen LogP contribution in [0.4, 0.5) is 0 Å². The van der Waals surface area contributed by atoms with E-state index in [9.17, 15) is 9.90 Å². The highest BCUT2D eigenvalue weighted by Crippen LogP contribution is 2.24. The molecule has 1 N–H and O–H groups in total. The van der Waals surface area contributed by atoms with Gasteiger partial charge in [-0.3, -0.25) is 4.99 Å². The highest BCUT2D eigenvalue weighted by atomic mass is 32.2. The molecule has 1 rings (SSSR count). The van der Waals surface area contributed by atoms with Crippen molar-refractivity contribution in [1.82, 2.24) is 0 Å². The van der Waals surface area contributed by atoms with Crippen LogP contribution < -0.4 is 0 Å². The lowest BCUT2D eigenvalue weighted by atomic mass is 9.85. The first-order valence-corrected chi connectivity index (χ1v) is 9.21. The van der Waals surface area contributed by atoms with Gasteiger partial charge in [0.05, 0.1) is 0 Å². The third-order valence-electron chi connectivity index (χ3n) is 3.12. The zero-order chi connectivity index (χ0) is 16.0. The van der Waals surface area contributed by atoms with Gasteiger partial charge in [-0.1, -0.05) is 45.0 Å². The minimum absolute atomic E-state index is 0.0572. The standard InChI is InChI=1S/C16H23NO2S2/c1-16(2,3)12-8-6-7-11(9-12)10-13(14(18)19)17-15(20-4)21-5/h6-9,13H,10H2,1-5H3,(H,18,19)/t13-/m0/s1. The third kappa shape index (κ3) is 5.75. The molecule has 0 aromatic heterocycles. The summed E-state index contributed by atoms with van der Waals surface area (Å²) in [6, 6.07) is 7.40. The van der Waals surface area contributed by atoms with Gasteiger partial charge in [0.15, 0.2) is 6.04 Å². The van der Waals surface area contributed by atoms with E-state index in [1.165, 1.54) is 29.1 Å². The molecule has 0 saturated heterocycles. The van der Waals surface area contributed by atoms with E-state index in [1.54, 1.807) is 0 Å². The fourth-order valence-corrected chi connectivity index (χ4v) is 3.02. The first-order valence-electron chi connectivity index (χ1n) is 6.76. The van der Waals surface area contributed by atoms with Crippen LogP contribution in [0.15, 0.2) is 29.3 Å². The Balaban J connectivity index is 3.00. The fraction of sp³-hybridized carbons (Fsp3) is 0.500. The van der Waals surface area contributed by atoms with Crippen molar-refractivity contribution in [3.05, 3.63) is 35.4 Å². The number of rotatable bonds is 4. The Morgan fingerprint density at radius 1 is 1.29 bits per heavy atom. The quantitative estimate of drug-likeness (QED) is 0.670. The summed E-state index contributed by atoms with van der Waals surface area (Å²) in [5.74, 6) is -0.878. The van der Waals surface area contributed by atoms with Gasteiger partial charge in [-0.15, -0.1) is 23.5 Å². The van der Waals surface area contributed by atoms with E-state index in [4.69, 9.17) is 0 Å². The lowest BCUT2D eigenvalue weighted by molar-refractivity contribution is -0.138. The SMILES string of the molecule is CSC(=N[C@@H](Cc1cccc(C(C)(C)C)c1)C(=O)O)SC. The Morgan fingerprint density at radius 2 is 1.90 bits per heavy atom. The first kappa shape index (κ1) is 18.1. The van der Waals surface area contributed by atoms with E-state index >= 15 is 0 Å². The minimum atomic E-state index is -0.878. The largest absolute Gasteiger partial charge is 0.480 e.